The van der Waals surface area contributed by atoms with Gasteiger partial charge in [-0.05, 0) is 25.2 Å². The molecular weight excluding hydrogens is 278 g/mol. The molecule has 128 valence electrons. The Bertz CT molecular complexity index is 348. The SMILES string of the molecule is CC(C)C[C@@H](N)C(=O)NCC1(N2CCOCC2)CCCCC1. The monoisotopic (exact) mass is 311 g/mol. The van der Waals surface area contributed by atoms with Crippen LogP contribution in [0.3, 0.4) is 0 Å². The average molecular weight is 311 g/mol. The molecule has 0 aromatic carbocycles. The van der Waals surface area contributed by atoms with Crippen LogP contribution in [0, 0.1) is 5.92 Å². The van der Waals surface area contributed by atoms with Crippen molar-refractivity contribution in [2.24, 2.45) is 11.7 Å². The zero-order chi connectivity index (χ0) is 16.0. The van der Waals surface area contributed by atoms with Gasteiger partial charge in [0.1, 0.15) is 0 Å². The summed E-state index contributed by atoms with van der Waals surface area (Å²) < 4.78 is 5.49. The van der Waals surface area contributed by atoms with Crippen molar-refractivity contribution in [3.8, 4) is 0 Å². The van der Waals surface area contributed by atoms with Crippen LogP contribution in [0.1, 0.15) is 52.4 Å². The summed E-state index contributed by atoms with van der Waals surface area (Å²) in [7, 11) is 0. The van der Waals surface area contributed by atoms with Crippen LogP contribution in [0.5, 0.6) is 0 Å². The normalized spacial score (nSPS) is 24.2. The number of morpholine rings is 1. The van der Waals surface area contributed by atoms with Crippen molar-refractivity contribution >= 4 is 5.91 Å². The second-order valence-corrected chi connectivity index (χ2v) is 7.34. The van der Waals surface area contributed by atoms with Crippen LogP contribution in [0.15, 0.2) is 0 Å². The molecule has 2 rings (SSSR count). The van der Waals surface area contributed by atoms with Crippen molar-refractivity contribution in [3.05, 3.63) is 0 Å². The maximum Gasteiger partial charge on any atom is 0.236 e. The fourth-order valence-electron chi connectivity index (χ4n) is 3.85. The Labute approximate surface area is 134 Å². The topological polar surface area (TPSA) is 67.6 Å². The van der Waals surface area contributed by atoms with Gasteiger partial charge in [0.2, 0.25) is 5.91 Å². The summed E-state index contributed by atoms with van der Waals surface area (Å²) >= 11 is 0. The lowest BCUT2D eigenvalue weighted by Crippen LogP contribution is -2.60. The van der Waals surface area contributed by atoms with Gasteiger partial charge in [-0.1, -0.05) is 33.1 Å². The zero-order valence-electron chi connectivity index (χ0n) is 14.3. The van der Waals surface area contributed by atoms with Gasteiger partial charge in [-0.2, -0.15) is 0 Å². The van der Waals surface area contributed by atoms with E-state index < -0.39 is 0 Å². The van der Waals surface area contributed by atoms with Gasteiger partial charge < -0.3 is 15.8 Å². The van der Waals surface area contributed by atoms with E-state index in [4.69, 9.17) is 10.5 Å². The van der Waals surface area contributed by atoms with Gasteiger partial charge in [0.25, 0.3) is 0 Å². The summed E-state index contributed by atoms with van der Waals surface area (Å²) in [4.78, 5) is 14.8. The molecule has 1 aliphatic heterocycles. The van der Waals surface area contributed by atoms with Crippen molar-refractivity contribution in [2.75, 3.05) is 32.8 Å². The van der Waals surface area contributed by atoms with Crippen LogP contribution in [0.2, 0.25) is 0 Å². The first-order valence-electron chi connectivity index (χ1n) is 8.89. The van der Waals surface area contributed by atoms with E-state index >= 15 is 0 Å². The Morgan fingerprint density at radius 3 is 2.45 bits per heavy atom. The lowest BCUT2D eigenvalue weighted by Gasteiger charge is -2.48. The van der Waals surface area contributed by atoms with Gasteiger partial charge in [-0.3, -0.25) is 9.69 Å². The standard InChI is InChI=1S/C17H33N3O2/c1-14(2)12-15(18)16(21)19-13-17(6-4-3-5-7-17)20-8-10-22-11-9-20/h14-15H,3-13,18H2,1-2H3,(H,19,21)/t15-/m1/s1. The smallest absolute Gasteiger partial charge is 0.236 e. The third-order valence-electron chi connectivity index (χ3n) is 5.12. The van der Waals surface area contributed by atoms with Crippen LogP contribution < -0.4 is 11.1 Å². The predicted octanol–water partition coefficient (Wildman–Crippen LogP) is 1.51. The molecule has 0 aromatic heterocycles. The van der Waals surface area contributed by atoms with E-state index in [1.807, 2.05) is 0 Å². The maximum atomic E-state index is 12.3. The van der Waals surface area contributed by atoms with Crippen LogP contribution in [0.25, 0.3) is 0 Å². The number of carbonyl (C=O) groups excluding carboxylic acids is 1. The number of rotatable bonds is 6. The molecule has 0 aromatic rings. The van der Waals surface area contributed by atoms with Crippen molar-refractivity contribution in [3.63, 3.8) is 0 Å². The molecule has 2 fully saturated rings. The van der Waals surface area contributed by atoms with Crippen molar-refractivity contribution < 1.29 is 9.53 Å². The van der Waals surface area contributed by atoms with Gasteiger partial charge >= 0.3 is 0 Å². The largest absolute Gasteiger partial charge is 0.379 e. The number of nitrogens with two attached hydrogens (primary N) is 1. The molecule has 0 bridgehead atoms. The minimum atomic E-state index is -0.384. The quantitative estimate of drug-likeness (QED) is 0.780. The molecule has 5 heteroatoms. The summed E-state index contributed by atoms with van der Waals surface area (Å²) in [6, 6.07) is -0.384. The van der Waals surface area contributed by atoms with E-state index in [1.165, 1.54) is 32.1 Å². The lowest BCUT2D eigenvalue weighted by molar-refractivity contribution is -0.124. The summed E-state index contributed by atoms with van der Waals surface area (Å²) in [6.07, 6.45) is 6.92. The Morgan fingerprint density at radius 1 is 1.23 bits per heavy atom. The third-order valence-corrected chi connectivity index (χ3v) is 5.12. The number of amides is 1. The summed E-state index contributed by atoms with van der Waals surface area (Å²) in [6.45, 7) is 8.51. The number of hydrogen-bond acceptors (Lipinski definition) is 4. The molecule has 1 saturated heterocycles. The minimum Gasteiger partial charge on any atom is -0.379 e. The molecular formula is C17H33N3O2. The van der Waals surface area contributed by atoms with Gasteiger partial charge in [0.05, 0.1) is 19.3 Å². The van der Waals surface area contributed by atoms with Crippen molar-refractivity contribution in [1.29, 1.82) is 0 Å². The molecule has 2 aliphatic rings. The molecule has 3 N–H and O–H groups in total. The van der Waals surface area contributed by atoms with Crippen LogP contribution in [-0.2, 0) is 9.53 Å². The molecule has 0 radical (unpaired) electrons. The van der Waals surface area contributed by atoms with Gasteiger partial charge in [0, 0.05) is 25.2 Å². The summed E-state index contributed by atoms with van der Waals surface area (Å²) in [5.41, 5.74) is 6.13. The van der Waals surface area contributed by atoms with Crippen LogP contribution in [0.4, 0.5) is 0 Å². The fraction of sp³-hybridized carbons (Fsp3) is 0.941. The van der Waals surface area contributed by atoms with Crippen LogP contribution >= 0.6 is 0 Å². The van der Waals surface area contributed by atoms with E-state index in [9.17, 15) is 4.79 Å². The highest BCUT2D eigenvalue weighted by atomic mass is 16.5. The van der Waals surface area contributed by atoms with E-state index in [0.29, 0.717) is 5.92 Å². The third kappa shape index (κ3) is 4.67. The number of ether oxygens (including phenoxy) is 1. The number of hydrogen-bond donors (Lipinski definition) is 2. The number of nitrogens with one attached hydrogen (secondary N) is 1. The Balaban J connectivity index is 1.93. The second-order valence-electron chi connectivity index (χ2n) is 7.34. The number of nitrogens with zero attached hydrogens (tertiary/aromatic N) is 1. The molecule has 0 spiro atoms. The van der Waals surface area contributed by atoms with Crippen molar-refractivity contribution in [1.82, 2.24) is 10.2 Å². The fourth-order valence-corrected chi connectivity index (χ4v) is 3.85. The average Bonchev–Trinajstić information content (AvgIpc) is 2.53. The van der Waals surface area contributed by atoms with E-state index in [1.54, 1.807) is 0 Å². The number of carbonyl (C=O) groups is 1. The molecule has 1 atom stereocenters. The molecule has 5 nitrogen and oxygen atoms in total. The van der Waals surface area contributed by atoms with Gasteiger partial charge in [-0.15, -0.1) is 0 Å². The van der Waals surface area contributed by atoms with Gasteiger partial charge in [-0.25, -0.2) is 0 Å². The highest BCUT2D eigenvalue weighted by molar-refractivity contribution is 5.81. The summed E-state index contributed by atoms with van der Waals surface area (Å²) in [5, 5.41) is 3.15. The maximum absolute atomic E-state index is 12.3. The highest BCUT2D eigenvalue weighted by Crippen LogP contribution is 2.33. The predicted molar refractivity (Wildman–Crippen MR) is 88.6 cm³/mol. The molecule has 1 heterocycles. The molecule has 1 saturated carbocycles. The van der Waals surface area contributed by atoms with E-state index in [-0.39, 0.29) is 17.5 Å². The Hall–Kier alpha value is -0.650. The summed E-state index contributed by atoms with van der Waals surface area (Å²) in [5.74, 6) is 0.454. The second kappa shape index (κ2) is 8.27. The zero-order valence-corrected chi connectivity index (χ0v) is 14.3. The lowest BCUT2D eigenvalue weighted by atomic mass is 9.79. The minimum absolute atomic E-state index is 0.00640. The molecule has 0 unspecified atom stereocenters. The van der Waals surface area contributed by atoms with Gasteiger partial charge in [0.15, 0.2) is 0 Å². The van der Waals surface area contributed by atoms with E-state index in [0.717, 1.165) is 39.3 Å². The Morgan fingerprint density at radius 2 is 1.86 bits per heavy atom. The molecule has 22 heavy (non-hydrogen) atoms. The van der Waals surface area contributed by atoms with Crippen LogP contribution in [-0.4, -0.2) is 55.2 Å². The highest BCUT2D eigenvalue weighted by Gasteiger charge is 2.39. The van der Waals surface area contributed by atoms with E-state index in [2.05, 4.69) is 24.1 Å². The molecule has 1 aliphatic carbocycles. The molecule has 1 amide bonds. The first-order valence-corrected chi connectivity index (χ1v) is 8.89. The first kappa shape index (κ1) is 17.7. The Kier molecular flexibility index (Phi) is 6.66. The first-order chi connectivity index (χ1) is 10.5. The van der Waals surface area contributed by atoms with Crippen molar-refractivity contribution in [2.45, 2.75) is 64.0 Å².